The van der Waals surface area contributed by atoms with Crippen molar-refractivity contribution in [3.8, 4) is 44.5 Å². The van der Waals surface area contributed by atoms with Gasteiger partial charge in [-0.15, -0.1) is 0 Å². The normalized spacial score (nSPS) is 12.2. The van der Waals surface area contributed by atoms with Gasteiger partial charge in [0.25, 0.3) is 0 Å². The number of anilines is 6. The lowest BCUT2D eigenvalue weighted by molar-refractivity contribution is 1.29. The molecule has 0 saturated carbocycles. The minimum absolute atomic E-state index is 0.0499. The highest BCUT2D eigenvalue weighted by molar-refractivity contribution is 7.00. The van der Waals surface area contributed by atoms with Crippen molar-refractivity contribution >= 4 is 91.1 Å². The molecule has 80 heavy (non-hydrogen) atoms. The molecule has 0 amide bonds. The minimum atomic E-state index is 0.0499. The monoisotopic (exact) mass is 1020 g/mol. The van der Waals surface area contributed by atoms with Gasteiger partial charge in [-0.05, 0) is 126 Å². The SMILES string of the molecule is c1ccc(-c2ccc(N3c4ccccc4B(c4c(-c5ccccc5)cccc4-c4ccccc4)c4ccccc43)cc2)cc1.c1ccc(-c2ccc(N3c4ccccc4B(c4cccc5ccccc45)c4ccccc43)cc2)cc1. The molecule has 0 radical (unpaired) electrons. The Balaban J connectivity index is 0.000000147. The van der Waals surface area contributed by atoms with Gasteiger partial charge in [0.05, 0.1) is 0 Å². The summed E-state index contributed by atoms with van der Waals surface area (Å²) in [7, 11) is 0. The van der Waals surface area contributed by atoms with Gasteiger partial charge in [-0.1, -0.05) is 290 Å². The summed E-state index contributed by atoms with van der Waals surface area (Å²) in [5.41, 5.74) is 25.1. The van der Waals surface area contributed by atoms with Crippen molar-refractivity contribution in [3.63, 3.8) is 0 Å². The second-order valence-corrected chi connectivity index (χ2v) is 20.7. The molecule has 2 aliphatic heterocycles. The van der Waals surface area contributed by atoms with E-state index in [1.165, 1.54) is 116 Å². The first-order valence-electron chi connectivity index (χ1n) is 27.7. The number of hydrogen-bond donors (Lipinski definition) is 0. The molecular formula is C76H54B2N2. The molecule has 0 N–H and O–H groups in total. The Bertz CT molecular complexity index is 4140. The van der Waals surface area contributed by atoms with Crippen LogP contribution in [-0.2, 0) is 0 Å². The third-order valence-electron chi connectivity index (χ3n) is 16.1. The molecule has 0 aromatic heterocycles. The van der Waals surface area contributed by atoms with Gasteiger partial charge in [0.15, 0.2) is 0 Å². The summed E-state index contributed by atoms with van der Waals surface area (Å²) in [6.45, 7) is 0.220. The highest BCUT2D eigenvalue weighted by Crippen LogP contribution is 2.40. The molecule has 0 saturated heterocycles. The van der Waals surface area contributed by atoms with Crippen molar-refractivity contribution in [3.05, 3.63) is 328 Å². The highest BCUT2D eigenvalue weighted by atomic mass is 15.2. The lowest BCUT2D eigenvalue weighted by atomic mass is 9.33. The Kier molecular flexibility index (Phi) is 12.9. The van der Waals surface area contributed by atoms with Crippen LogP contribution in [0.2, 0.25) is 0 Å². The summed E-state index contributed by atoms with van der Waals surface area (Å²) >= 11 is 0. The van der Waals surface area contributed by atoms with E-state index >= 15 is 0 Å². The molecule has 0 atom stereocenters. The Hall–Kier alpha value is -10.2. The van der Waals surface area contributed by atoms with Crippen LogP contribution in [0.4, 0.5) is 34.1 Å². The highest BCUT2D eigenvalue weighted by Gasteiger charge is 2.38. The van der Waals surface area contributed by atoms with Crippen LogP contribution < -0.4 is 42.6 Å². The van der Waals surface area contributed by atoms with Crippen molar-refractivity contribution in [1.82, 2.24) is 0 Å². The van der Waals surface area contributed by atoms with E-state index in [2.05, 4.69) is 337 Å². The van der Waals surface area contributed by atoms with E-state index in [-0.39, 0.29) is 13.4 Å². The Morgan fingerprint density at radius 3 is 0.925 bits per heavy atom. The maximum Gasteiger partial charge on any atom is 0.248 e. The number of nitrogens with zero attached hydrogens (tertiary/aromatic N) is 2. The van der Waals surface area contributed by atoms with Crippen molar-refractivity contribution < 1.29 is 0 Å². The fraction of sp³-hybridized carbons (Fsp3) is 0. The predicted molar refractivity (Wildman–Crippen MR) is 344 cm³/mol. The Morgan fingerprint density at radius 2 is 0.500 bits per heavy atom. The summed E-state index contributed by atoms with van der Waals surface area (Å²) in [5.74, 6) is 0. The lowest BCUT2D eigenvalue weighted by Crippen LogP contribution is -2.58. The first-order valence-corrected chi connectivity index (χ1v) is 27.7. The van der Waals surface area contributed by atoms with Gasteiger partial charge < -0.3 is 9.80 Å². The average molecular weight is 1020 g/mol. The van der Waals surface area contributed by atoms with Gasteiger partial charge in [-0.25, -0.2) is 0 Å². The molecule has 2 aliphatic rings. The van der Waals surface area contributed by atoms with Crippen LogP contribution in [0.3, 0.4) is 0 Å². The third kappa shape index (κ3) is 8.87. The van der Waals surface area contributed by atoms with Crippen LogP contribution in [0.15, 0.2) is 328 Å². The molecule has 0 fully saturated rings. The molecule has 13 aromatic rings. The first-order chi connectivity index (χ1) is 39.7. The van der Waals surface area contributed by atoms with E-state index in [4.69, 9.17) is 0 Å². The number of hydrogen-bond acceptors (Lipinski definition) is 2. The van der Waals surface area contributed by atoms with Crippen LogP contribution in [0.1, 0.15) is 0 Å². The van der Waals surface area contributed by atoms with Crippen LogP contribution in [-0.4, -0.2) is 13.4 Å². The van der Waals surface area contributed by atoms with Crippen LogP contribution in [0.5, 0.6) is 0 Å². The van der Waals surface area contributed by atoms with E-state index in [1.54, 1.807) is 0 Å². The fourth-order valence-corrected chi connectivity index (χ4v) is 12.5. The summed E-state index contributed by atoms with van der Waals surface area (Å²) in [6.07, 6.45) is 0. The van der Waals surface area contributed by atoms with E-state index in [9.17, 15) is 0 Å². The van der Waals surface area contributed by atoms with Crippen LogP contribution in [0.25, 0.3) is 55.3 Å². The molecule has 0 spiro atoms. The molecule has 2 nitrogen and oxygen atoms in total. The van der Waals surface area contributed by atoms with Gasteiger partial charge in [0.2, 0.25) is 13.4 Å². The molecule has 2 heterocycles. The van der Waals surface area contributed by atoms with E-state index in [0.717, 1.165) is 5.69 Å². The second kappa shape index (κ2) is 21.3. The van der Waals surface area contributed by atoms with Crippen LogP contribution in [0, 0.1) is 0 Å². The molecule has 4 heteroatoms. The first kappa shape index (κ1) is 48.2. The fourth-order valence-electron chi connectivity index (χ4n) is 12.5. The van der Waals surface area contributed by atoms with E-state index in [1.807, 2.05) is 0 Å². The number of para-hydroxylation sites is 4. The average Bonchev–Trinajstić information content (AvgIpc) is 3.64. The predicted octanol–water partition coefficient (Wildman–Crippen LogP) is 15.8. The topological polar surface area (TPSA) is 6.48 Å². The maximum atomic E-state index is 2.43. The summed E-state index contributed by atoms with van der Waals surface area (Å²) in [5, 5.41) is 2.60. The summed E-state index contributed by atoms with van der Waals surface area (Å²) < 4.78 is 0. The molecule has 13 aromatic carbocycles. The number of fused-ring (bicyclic) bond motifs is 5. The minimum Gasteiger partial charge on any atom is -0.312 e. The van der Waals surface area contributed by atoms with Gasteiger partial charge in [0.1, 0.15) is 0 Å². The zero-order chi connectivity index (χ0) is 53.2. The standard InChI is InChI=1S/C42H30BN.C34H24BN/c1-4-15-31(16-5-1)32-27-29-35(30-28-32)44-40-25-12-10-23-38(40)43(39-24-11-13-26-41(39)44)42-36(33-17-6-2-7-18-33)21-14-22-37(42)34-19-8-3-9-20-34;1-2-11-25(12-3-1)26-21-23-28(24-22-26)36-33-19-8-6-16-31(33)35(32-17-7-9-20-34(32)36)30-18-10-14-27-13-4-5-15-29(27)30/h1-30H;1-24H. The summed E-state index contributed by atoms with van der Waals surface area (Å²) in [4.78, 5) is 4.85. The molecule has 0 bridgehead atoms. The van der Waals surface area contributed by atoms with Crippen molar-refractivity contribution in [2.24, 2.45) is 0 Å². The zero-order valence-corrected chi connectivity index (χ0v) is 44.2. The Labute approximate surface area is 470 Å². The molecule has 0 aliphatic carbocycles. The number of rotatable bonds is 8. The molecule has 0 unspecified atom stereocenters. The van der Waals surface area contributed by atoms with Crippen molar-refractivity contribution in [1.29, 1.82) is 0 Å². The van der Waals surface area contributed by atoms with E-state index in [0.29, 0.717) is 0 Å². The van der Waals surface area contributed by atoms with Gasteiger partial charge in [-0.3, -0.25) is 0 Å². The molecule has 15 rings (SSSR count). The Morgan fingerprint density at radius 1 is 0.200 bits per heavy atom. The lowest BCUT2D eigenvalue weighted by Gasteiger charge is -2.38. The van der Waals surface area contributed by atoms with Gasteiger partial charge in [0, 0.05) is 34.1 Å². The second-order valence-electron chi connectivity index (χ2n) is 20.7. The van der Waals surface area contributed by atoms with Crippen molar-refractivity contribution in [2.75, 3.05) is 9.80 Å². The number of benzene rings is 13. The molecule has 374 valence electrons. The van der Waals surface area contributed by atoms with Crippen LogP contribution >= 0.6 is 0 Å². The van der Waals surface area contributed by atoms with Gasteiger partial charge in [-0.2, -0.15) is 0 Å². The van der Waals surface area contributed by atoms with Gasteiger partial charge >= 0.3 is 0 Å². The maximum absolute atomic E-state index is 2.43. The van der Waals surface area contributed by atoms with Crippen molar-refractivity contribution in [2.45, 2.75) is 0 Å². The smallest absolute Gasteiger partial charge is 0.248 e. The largest absolute Gasteiger partial charge is 0.312 e. The quantitative estimate of drug-likeness (QED) is 0.140. The summed E-state index contributed by atoms with van der Waals surface area (Å²) in [6, 6.07) is 119. The zero-order valence-electron chi connectivity index (χ0n) is 44.2. The third-order valence-corrected chi connectivity index (χ3v) is 16.1. The van der Waals surface area contributed by atoms with E-state index < -0.39 is 0 Å². The molecular weight excluding hydrogens is 962 g/mol.